The molecular weight excluding hydrogens is 310 g/mol. The Labute approximate surface area is 111 Å². The van der Waals surface area contributed by atoms with E-state index in [4.69, 9.17) is 10.00 Å². The number of aromatic nitrogens is 1. The van der Waals surface area contributed by atoms with Crippen molar-refractivity contribution in [1.29, 1.82) is 5.26 Å². The van der Waals surface area contributed by atoms with Crippen LogP contribution in [0.4, 0.5) is 8.78 Å². The summed E-state index contributed by atoms with van der Waals surface area (Å²) in [5, 5.41) is 9.09. The summed E-state index contributed by atoms with van der Waals surface area (Å²) in [6.07, 6.45) is -2.92. The number of hydrogen-bond donors (Lipinski definition) is 0. The summed E-state index contributed by atoms with van der Waals surface area (Å²) in [6.45, 7) is 1.68. The number of nitriles is 1. The second-order valence-electron chi connectivity index (χ2n) is 3.19. The van der Waals surface area contributed by atoms with Crippen LogP contribution in [0.5, 0.6) is 0 Å². The first-order valence-electron chi connectivity index (χ1n) is 5.00. The maximum absolute atomic E-state index is 12.8. The number of nitrogens with zero attached hydrogens (tertiary/aromatic N) is 2. The Kier molecular flexibility index (Phi) is 5.16. The summed E-state index contributed by atoms with van der Waals surface area (Å²) in [5.74, 6) is -0.805. The van der Waals surface area contributed by atoms with Crippen molar-refractivity contribution in [1.82, 2.24) is 4.98 Å². The van der Waals surface area contributed by atoms with Gasteiger partial charge in [-0.25, -0.2) is 18.6 Å². The highest BCUT2D eigenvalue weighted by molar-refractivity contribution is 9.08. The first-order valence-corrected chi connectivity index (χ1v) is 6.12. The minimum absolute atomic E-state index is 0.0969. The molecule has 0 saturated carbocycles. The van der Waals surface area contributed by atoms with Gasteiger partial charge in [-0.3, -0.25) is 0 Å². The van der Waals surface area contributed by atoms with Gasteiger partial charge in [0.05, 0.1) is 23.4 Å². The second-order valence-corrected chi connectivity index (χ2v) is 3.75. The molecule has 96 valence electrons. The predicted octanol–water partition coefficient (Wildman–Crippen LogP) is 2.96. The Morgan fingerprint density at radius 2 is 2.33 bits per heavy atom. The Hall–Kier alpha value is -1.55. The Balaban J connectivity index is 3.43. The molecule has 0 saturated heterocycles. The fraction of sp³-hybridized carbons (Fsp3) is 0.364. The van der Waals surface area contributed by atoms with E-state index in [0.29, 0.717) is 0 Å². The van der Waals surface area contributed by atoms with Crippen LogP contribution in [-0.2, 0) is 10.1 Å². The summed E-state index contributed by atoms with van der Waals surface area (Å²) in [4.78, 5) is 15.2. The third kappa shape index (κ3) is 3.01. The topological polar surface area (TPSA) is 63.0 Å². The number of halogens is 3. The zero-order valence-electron chi connectivity index (χ0n) is 9.41. The molecule has 0 N–H and O–H groups in total. The first kappa shape index (κ1) is 14.5. The van der Waals surface area contributed by atoms with Crippen LogP contribution >= 0.6 is 15.9 Å². The van der Waals surface area contributed by atoms with E-state index in [1.54, 1.807) is 13.0 Å². The van der Waals surface area contributed by atoms with Gasteiger partial charge in [-0.15, -0.1) is 0 Å². The number of alkyl halides is 3. The summed E-state index contributed by atoms with van der Waals surface area (Å²) in [5.41, 5.74) is -1.07. The molecule has 0 fully saturated rings. The molecule has 0 spiro atoms. The zero-order valence-corrected chi connectivity index (χ0v) is 11.0. The lowest BCUT2D eigenvalue weighted by molar-refractivity contribution is 0.0525. The fourth-order valence-corrected chi connectivity index (χ4v) is 1.62. The number of rotatable bonds is 4. The number of carbonyl (C=O) groups is 1. The standard InChI is InChI=1S/C11H9BrF2N2O2/c1-2-18-11(17)7-3-6(4-12)16-9(10(13)14)8(7)5-15/h3,10H,2,4H2,1H3. The van der Waals surface area contributed by atoms with Crippen molar-refractivity contribution in [3.63, 3.8) is 0 Å². The largest absolute Gasteiger partial charge is 0.462 e. The van der Waals surface area contributed by atoms with Crippen LogP contribution in [0.1, 0.15) is 40.7 Å². The molecule has 0 bridgehead atoms. The van der Waals surface area contributed by atoms with Crippen LogP contribution < -0.4 is 0 Å². The van der Waals surface area contributed by atoms with Gasteiger partial charge in [0.2, 0.25) is 0 Å². The van der Waals surface area contributed by atoms with Crippen LogP contribution in [0.25, 0.3) is 0 Å². The van der Waals surface area contributed by atoms with Crippen molar-refractivity contribution in [3.8, 4) is 6.07 Å². The molecule has 1 rings (SSSR count). The third-order valence-electron chi connectivity index (χ3n) is 2.05. The van der Waals surface area contributed by atoms with Gasteiger partial charge in [0.15, 0.2) is 0 Å². The molecule has 0 unspecified atom stereocenters. The third-order valence-corrected chi connectivity index (χ3v) is 2.63. The minimum Gasteiger partial charge on any atom is -0.462 e. The van der Waals surface area contributed by atoms with Crippen LogP contribution in [-0.4, -0.2) is 17.6 Å². The average Bonchev–Trinajstić information content (AvgIpc) is 2.37. The average molecular weight is 319 g/mol. The number of hydrogen-bond acceptors (Lipinski definition) is 4. The van der Waals surface area contributed by atoms with Crippen molar-refractivity contribution < 1.29 is 18.3 Å². The van der Waals surface area contributed by atoms with Crippen molar-refractivity contribution in [2.45, 2.75) is 18.7 Å². The summed E-state index contributed by atoms with van der Waals surface area (Å²) < 4.78 is 30.3. The van der Waals surface area contributed by atoms with Gasteiger partial charge in [0, 0.05) is 5.33 Å². The predicted molar refractivity (Wildman–Crippen MR) is 62.5 cm³/mol. The van der Waals surface area contributed by atoms with E-state index < -0.39 is 23.7 Å². The fourth-order valence-electron chi connectivity index (χ4n) is 1.33. The van der Waals surface area contributed by atoms with Gasteiger partial charge in [0.1, 0.15) is 11.8 Å². The molecule has 1 heterocycles. The van der Waals surface area contributed by atoms with Crippen molar-refractivity contribution >= 4 is 21.9 Å². The van der Waals surface area contributed by atoms with Gasteiger partial charge >= 0.3 is 5.97 Å². The van der Waals surface area contributed by atoms with Crippen molar-refractivity contribution in [2.24, 2.45) is 0 Å². The number of pyridine rings is 1. The maximum atomic E-state index is 12.8. The molecule has 7 heteroatoms. The van der Waals surface area contributed by atoms with Crippen molar-refractivity contribution in [3.05, 3.63) is 28.6 Å². The lowest BCUT2D eigenvalue weighted by atomic mass is 10.1. The number of ether oxygens (including phenoxy) is 1. The quantitative estimate of drug-likeness (QED) is 0.632. The second kappa shape index (κ2) is 6.40. The zero-order chi connectivity index (χ0) is 13.7. The molecule has 0 atom stereocenters. The monoisotopic (exact) mass is 318 g/mol. The van der Waals surface area contributed by atoms with Crippen LogP contribution in [0.2, 0.25) is 0 Å². The lowest BCUT2D eigenvalue weighted by Gasteiger charge is -2.09. The lowest BCUT2D eigenvalue weighted by Crippen LogP contribution is -2.12. The molecule has 0 aliphatic carbocycles. The summed E-state index contributed by atoms with van der Waals surface area (Å²) >= 11 is 3.07. The van der Waals surface area contributed by atoms with Crippen LogP contribution in [0.3, 0.4) is 0 Å². The molecule has 0 aromatic carbocycles. The first-order chi connectivity index (χ1) is 8.54. The smallest absolute Gasteiger partial charge is 0.339 e. The molecule has 18 heavy (non-hydrogen) atoms. The summed E-state index contributed by atoms with van der Waals surface area (Å²) in [6, 6.07) is 2.85. The Morgan fingerprint density at radius 3 is 2.78 bits per heavy atom. The van der Waals surface area contributed by atoms with E-state index in [-0.39, 0.29) is 23.2 Å². The molecule has 0 radical (unpaired) electrons. The molecule has 4 nitrogen and oxygen atoms in total. The van der Waals surface area contributed by atoms with Crippen LogP contribution in [0, 0.1) is 11.3 Å². The van der Waals surface area contributed by atoms with Gasteiger partial charge in [0.25, 0.3) is 6.43 Å². The van der Waals surface area contributed by atoms with E-state index in [1.165, 1.54) is 6.07 Å². The van der Waals surface area contributed by atoms with Gasteiger partial charge in [-0.2, -0.15) is 5.26 Å². The molecule has 1 aromatic rings. The Bertz CT molecular complexity index is 501. The number of carbonyl (C=O) groups excluding carboxylic acids is 1. The van der Waals surface area contributed by atoms with E-state index in [2.05, 4.69) is 20.9 Å². The normalized spacial score (nSPS) is 10.2. The van der Waals surface area contributed by atoms with E-state index in [9.17, 15) is 13.6 Å². The van der Waals surface area contributed by atoms with E-state index >= 15 is 0 Å². The number of esters is 1. The molecule has 0 aliphatic heterocycles. The SMILES string of the molecule is CCOC(=O)c1cc(CBr)nc(C(F)F)c1C#N. The highest BCUT2D eigenvalue weighted by Gasteiger charge is 2.23. The highest BCUT2D eigenvalue weighted by Crippen LogP contribution is 2.25. The maximum Gasteiger partial charge on any atom is 0.339 e. The van der Waals surface area contributed by atoms with E-state index in [0.717, 1.165) is 0 Å². The minimum atomic E-state index is -2.92. The summed E-state index contributed by atoms with van der Waals surface area (Å²) in [7, 11) is 0. The van der Waals surface area contributed by atoms with Gasteiger partial charge < -0.3 is 4.74 Å². The van der Waals surface area contributed by atoms with E-state index in [1.807, 2.05) is 0 Å². The highest BCUT2D eigenvalue weighted by atomic mass is 79.9. The molecule has 0 amide bonds. The van der Waals surface area contributed by atoms with Gasteiger partial charge in [-0.1, -0.05) is 15.9 Å². The van der Waals surface area contributed by atoms with Crippen LogP contribution in [0.15, 0.2) is 6.07 Å². The molecule has 0 aliphatic rings. The Morgan fingerprint density at radius 1 is 1.67 bits per heavy atom. The molecular formula is C11H9BrF2N2O2. The van der Waals surface area contributed by atoms with Gasteiger partial charge in [-0.05, 0) is 13.0 Å². The van der Waals surface area contributed by atoms with Crippen molar-refractivity contribution in [2.75, 3.05) is 6.61 Å². The molecule has 1 aromatic heterocycles.